The van der Waals surface area contributed by atoms with Crippen LogP contribution in [0.2, 0.25) is 0 Å². The van der Waals surface area contributed by atoms with Crippen molar-refractivity contribution in [1.82, 2.24) is 4.72 Å². The van der Waals surface area contributed by atoms with Crippen molar-refractivity contribution in [2.45, 2.75) is 24.2 Å². The zero-order chi connectivity index (χ0) is 17.9. The Balaban J connectivity index is 1.61. The van der Waals surface area contributed by atoms with E-state index in [9.17, 15) is 13.2 Å². The molecule has 0 bridgehead atoms. The molecule has 1 N–H and O–H groups in total. The van der Waals surface area contributed by atoms with Gasteiger partial charge in [-0.25, -0.2) is 13.1 Å². The van der Waals surface area contributed by atoms with Crippen molar-refractivity contribution in [2.75, 3.05) is 18.0 Å². The second-order valence-corrected chi connectivity index (χ2v) is 8.56. The molecule has 132 valence electrons. The number of rotatable bonds is 5. The molecule has 0 saturated carbocycles. The molecule has 0 atom stereocenters. The highest BCUT2D eigenvalue weighted by Crippen LogP contribution is 2.27. The summed E-state index contributed by atoms with van der Waals surface area (Å²) in [5, 5.41) is 0. The van der Waals surface area contributed by atoms with Gasteiger partial charge in [0, 0.05) is 29.7 Å². The zero-order valence-electron chi connectivity index (χ0n) is 13.6. The number of anilines is 1. The number of carbonyl (C=O) groups is 1. The number of sulfonamides is 1. The zero-order valence-corrected chi connectivity index (χ0v) is 16.0. The van der Waals surface area contributed by atoms with E-state index in [2.05, 4.69) is 20.7 Å². The molecule has 1 heterocycles. The number of fused-ring (bicyclic) bond motifs is 1. The normalized spacial score (nSPS) is 14.2. The van der Waals surface area contributed by atoms with Crippen LogP contribution < -0.4 is 9.62 Å². The fourth-order valence-electron chi connectivity index (χ4n) is 2.92. The Morgan fingerprint density at radius 3 is 2.60 bits per heavy atom. The van der Waals surface area contributed by atoms with Crippen molar-refractivity contribution < 1.29 is 13.2 Å². The molecule has 0 saturated heterocycles. The van der Waals surface area contributed by atoms with Gasteiger partial charge in [-0.15, -0.1) is 0 Å². The van der Waals surface area contributed by atoms with Gasteiger partial charge in [-0.2, -0.15) is 0 Å². The van der Waals surface area contributed by atoms with Crippen LogP contribution in [0.25, 0.3) is 0 Å². The number of nitrogens with one attached hydrogen (secondary N) is 1. The van der Waals surface area contributed by atoms with Crippen molar-refractivity contribution in [3.63, 3.8) is 0 Å². The van der Waals surface area contributed by atoms with Gasteiger partial charge in [0.05, 0.1) is 4.90 Å². The van der Waals surface area contributed by atoms with Crippen LogP contribution in [0.4, 0.5) is 5.69 Å². The summed E-state index contributed by atoms with van der Waals surface area (Å²) in [4.78, 5) is 14.5. The molecule has 0 unspecified atom stereocenters. The molecule has 1 aliphatic rings. The predicted octanol–water partition coefficient (Wildman–Crippen LogP) is 3.10. The minimum absolute atomic E-state index is 0.0642. The van der Waals surface area contributed by atoms with Gasteiger partial charge in [-0.1, -0.05) is 34.1 Å². The molecule has 2 aromatic carbocycles. The van der Waals surface area contributed by atoms with E-state index in [-0.39, 0.29) is 23.8 Å². The Hall–Kier alpha value is -1.70. The van der Waals surface area contributed by atoms with Gasteiger partial charge in [0.15, 0.2) is 0 Å². The van der Waals surface area contributed by atoms with E-state index in [1.807, 2.05) is 24.3 Å². The van der Waals surface area contributed by atoms with E-state index in [1.54, 1.807) is 17.0 Å². The van der Waals surface area contributed by atoms with E-state index in [4.69, 9.17) is 0 Å². The Kier molecular flexibility index (Phi) is 5.56. The van der Waals surface area contributed by atoms with E-state index in [0.717, 1.165) is 28.6 Å². The van der Waals surface area contributed by atoms with Crippen LogP contribution >= 0.6 is 15.9 Å². The van der Waals surface area contributed by atoms with Crippen LogP contribution in [0, 0.1) is 0 Å². The number of nitrogens with zero attached hydrogens (tertiary/aromatic N) is 1. The smallest absolute Gasteiger partial charge is 0.240 e. The summed E-state index contributed by atoms with van der Waals surface area (Å²) in [7, 11) is -3.61. The summed E-state index contributed by atoms with van der Waals surface area (Å²) < 4.78 is 27.8. The number of amides is 1. The lowest BCUT2D eigenvalue weighted by molar-refractivity contribution is -0.118. The maximum atomic E-state index is 12.5. The summed E-state index contributed by atoms with van der Waals surface area (Å²) in [5.41, 5.74) is 2.10. The minimum Gasteiger partial charge on any atom is -0.312 e. The molecular weight excluding hydrogens is 404 g/mol. The number of carbonyl (C=O) groups excluding carboxylic acids is 1. The van der Waals surface area contributed by atoms with Crippen molar-refractivity contribution in [3.8, 4) is 0 Å². The monoisotopic (exact) mass is 422 g/mol. The van der Waals surface area contributed by atoms with Crippen LogP contribution in [0.5, 0.6) is 0 Å². The quantitative estimate of drug-likeness (QED) is 0.804. The standard InChI is InChI=1S/C18H19BrN2O3S/c19-15-7-9-16(10-8-15)25(23,24)20-12-11-18(22)21-13-3-5-14-4-1-2-6-17(14)21/h1-2,4,6-10,20H,3,5,11-13H2. The van der Waals surface area contributed by atoms with Crippen LogP contribution in [0.3, 0.4) is 0 Å². The lowest BCUT2D eigenvalue weighted by Crippen LogP contribution is -2.37. The van der Waals surface area contributed by atoms with Gasteiger partial charge in [-0.05, 0) is 48.7 Å². The van der Waals surface area contributed by atoms with E-state index < -0.39 is 10.0 Å². The van der Waals surface area contributed by atoms with Gasteiger partial charge < -0.3 is 4.90 Å². The minimum atomic E-state index is -3.61. The Labute approximate surface area is 156 Å². The molecular formula is C18H19BrN2O3S. The molecule has 0 aliphatic carbocycles. The number of benzene rings is 2. The fourth-order valence-corrected chi connectivity index (χ4v) is 4.21. The molecule has 7 heteroatoms. The SMILES string of the molecule is O=C(CCNS(=O)(=O)c1ccc(Br)cc1)N1CCCc2ccccc21. The Morgan fingerprint density at radius 2 is 1.84 bits per heavy atom. The summed E-state index contributed by atoms with van der Waals surface area (Å²) in [6.07, 6.45) is 2.02. The highest BCUT2D eigenvalue weighted by Gasteiger charge is 2.22. The fraction of sp³-hybridized carbons (Fsp3) is 0.278. The second-order valence-electron chi connectivity index (χ2n) is 5.88. The molecule has 0 aromatic heterocycles. The first-order valence-corrected chi connectivity index (χ1v) is 10.4. The van der Waals surface area contributed by atoms with Gasteiger partial charge in [0.2, 0.25) is 15.9 Å². The molecule has 0 radical (unpaired) electrons. The third-order valence-corrected chi connectivity index (χ3v) is 6.17. The van der Waals surface area contributed by atoms with Crippen LogP contribution in [0.15, 0.2) is 57.9 Å². The predicted molar refractivity (Wildman–Crippen MR) is 101 cm³/mol. The first-order chi connectivity index (χ1) is 12.0. The van der Waals surface area contributed by atoms with Crippen molar-refractivity contribution in [3.05, 3.63) is 58.6 Å². The molecule has 2 aromatic rings. The van der Waals surface area contributed by atoms with Crippen molar-refractivity contribution >= 4 is 37.5 Å². The maximum Gasteiger partial charge on any atom is 0.240 e. The molecule has 5 nitrogen and oxygen atoms in total. The maximum absolute atomic E-state index is 12.5. The van der Waals surface area contributed by atoms with Gasteiger partial charge in [0.25, 0.3) is 0 Å². The van der Waals surface area contributed by atoms with Crippen LogP contribution in [-0.2, 0) is 21.2 Å². The molecule has 0 fully saturated rings. The number of hydrogen-bond acceptors (Lipinski definition) is 3. The Morgan fingerprint density at radius 1 is 1.12 bits per heavy atom. The average Bonchev–Trinajstić information content (AvgIpc) is 2.61. The number of hydrogen-bond donors (Lipinski definition) is 1. The average molecular weight is 423 g/mol. The molecule has 25 heavy (non-hydrogen) atoms. The lowest BCUT2D eigenvalue weighted by atomic mass is 10.0. The topological polar surface area (TPSA) is 66.5 Å². The molecule has 3 rings (SSSR count). The van der Waals surface area contributed by atoms with Crippen molar-refractivity contribution in [2.24, 2.45) is 0 Å². The molecule has 1 amide bonds. The van der Waals surface area contributed by atoms with E-state index >= 15 is 0 Å². The van der Waals surface area contributed by atoms with Crippen molar-refractivity contribution in [1.29, 1.82) is 0 Å². The summed E-state index contributed by atoms with van der Waals surface area (Å²) in [6.45, 7) is 0.755. The molecule has 0 spiro atoms. The van der Waals surface area contributed by atoms with Gasteiger partial charge in [0.1, 0.15) is 0 Å². The van der Waals surface area contributed by atoms with Gasteiger partial charge in [-0.3, -0.25) is 4.79 Å². The second kappa shape index (κ2) is 7.68. The summed E-state index contributed by atoms with van der Waals surface area (Å²) >= 11 is 3.28. The third kappa shape index (κ3) is 4.29. The largest absolute Gasteiger partial charge is 0.312 e. The Bertz CT molecular complexity index is 866. The van der Waals surface area contributed by atoms with E-state index in [1.165, 1.54) is 12.1 Å². The van der Waals surface area contributed by atoms with Crippen LogP contribution in [-0.4, -0.2) is 27.4 Å². The number of para-hydroxylation sites is 1. The van der Waals surface area contributed by atoms with E-state index in [0.29, 0.717) is 6.54 Å². The summed E-state index contributed by atoms with van der Waals surface area (Å²) in [6, 6.07) is 14.3. The molecule has 1 aliphatic heterocycles. The lowest BCUT2D eigenvalue weighted by Gasteiger charge is -2.29. The van der Waals surface area contributed by atoms with Crippen LogP contribution in [0.1, 0.15) is 18.4 Å². The summed E-state index contributed by atoms with van der Waals surface area (Å²) in [5.74, 6) is -0.0642. The number of aryl methyl sites for hydroxylation is 1. The number of halogens is 1. The van der Waals surface area contributed by atoms with Gasteiger partial charge >= 0.3 is 0 Å². The third-order valence-electron chi connectivity index (χ3n) is 4.17. The highest BCUT2D eigenvalue weighted by molar-refractivity contribution is 9.10. The highest BCUT2D eigenvalue weighted by atomic mass is 79.9. The first-order valence-electron chi connectivity index (χ1n) is 8.11. The first kappa shape index (κ1) is 18.1.